The normalized spacial score (nSPS) is 10.9. The second kappa shape index (κ2) is 4.88. The summed E-state index contributed by atoms with van der Waals surface area (Å²) in [5.74, 6) is -0.229. The molecule has 3 aromatic rings. The fraction of sp³-hybridized carbons (Fsp3) is 0.154. The Labute approximate surface area is 124 Å². The maximum absolute atomic E-state index is 12.1. The van der Waals surface area contributed by atoms with Crippen LogP contribution in [0.25, 0.3) is 10.2 Å². The van der Waals surface area contributed by atoms with Crippen LogP contribution in [0.1, 0.15) is 16.1 Å². The van der Waals surface area contributed by atoms with Gasteiger partial charge in [-0.25, -0.2) is 4.98 Å². The van der Waals surface area contributed by atoms with Crippen LogP contribution in [0.15, 0.2) is 24.4 Å². The second-order valence-electron chi connectivity index (χ2n) is 4.38. The predicted octanol–water partition coefficient (Wildman–Crippen LogP) is 3.24. The van der Waals surface area contributed by atoms with Crippen molar-refractivity contribution in [1.29, 1.82) is 0 Å². The van der Waals surface area contributed by atoms with E-state index in [1.807, 2.05) is 19.1 Å². The van der Waals surface area contributed by atoms with Gasteiger partial charge in [0.1, 0.15) is 5.69 Å². The Hall–Kier alpha value is -1.92. The van der Waals surface area contributed by atoms with Crippen molar-refractivity contribution in [2.75, 3.05) is 5.32 Å². The molecule has 2 aromatic heterocycles. The number of carbonyl (C=O) groups excluding carboxylic acids is 1. The summed E-state index contributed by atoms with van der Waals surface area (Å²) >= 11 is 7.42. The molecule has 0 aliphatic heterocycles. The van der Waals surface area contributed by atoms with Crippen LogP contribution in [0.2, 0.25) is 5.02 Å². The fourth-order valence-corrected chi connectivity index (χ4v) is 3.28. The van der Waals surface area contributed by atoms with Crippen LogP contribution in [-0.4, -0.2) is 20.7 Å². The number of amides is 1. The van der Waals surface area contributed by atoms with Crippen LogP contribution >= 0.6 is 22.9 Å². The van der Waals surface area contributed by atoms with Gasteiger partial charge >= 0.3 is 0 Å². The van der Waals surface area contributed by atoms with Crippen molar-refractivity contribution in [3.8, 4) is 0 Å². The van der Waals surface area contributed by atoms with Crippen molar-refractivity contribution < 1.29 is 4.79 Å². The Morgan fingerprint density at radius 3 is 2.95 bits per heavy atom. The van der Waals surface area contributed by atoms with Crippen molar-refractivity contribution in [1.82, 2.24) is 14.8 Å². The number of nitrogens with one attached hydrogen (secondary N) is 1. The first-order chi connectivity index (χ1) is 9.54. The maximum Gasteiger partial charge on any atom is 0.275 e. The van der Waals surface area contributed by atoms with Gasteiger partial charge in [0.05, 0.1) is 10.2 Å². The third-order valence-electron chi connectivity index (χ3n) is 2.92. The standard InChI is InChI=1S/C13H11ClN4OS/c1-7-5-8(14)6-10-11(7)16-13(20-10)17-12(19)9-3-4-15-18(9)2/h3-6H,1-2H3,(H,16,17,19). The molecule has 1 amide bonds. The zero-order chi connectivity index (χ0) is 14.3. The van der Waals surface area contributed by atoms with E-state index in [1.165, 1.54) is 16.0 Å². The summed E-state index contributed by atoms with van der Waals surface area (Å²) in [4.78, 5) is 16.5. The van der Waals surface area contributed by atoms with Crippen LogP contribution in [-0.2, 0) is 7.05 Å². The van der Waals surface area contributed by atoms with Crippen molar-refractivity contribution in [2.24, 2.45) is 7.05 Å². The molecule has 0 radical (unpaired) electrons. The van der Waals surface area contributed by atoms with Gasteiger partial charge in [0, 0.05) is 18.3 Å². The molecule has 102 valence electrons. The quantitative estimate of drug-likeness (QED) is 0.790. The van der Waals surface area contributed by atoms with Gasteiger partial charge in [-0.3, -0.25) is 14.8 Å². The summed E-state index contributed by atoms with van der Waals surface area (Å²) in [5.41, 5.74) is 2.34. The average molecular weight is 307 g/mol. The number of carbonyl (C=O) groups is 1. The van der Waals surface area contributed by atoms with Crippen molar-refractivity contribution in [3.63, 3.8) is 0 Å². The van der Waals surface area contributed by atoms with Gasteiger partial charge in [0.15, 0.2) is 5.13 Å². The molecule has 0 aliphatic rings. The summed E-state index contributed by atoms with van der Waals surface area (Å²) in [7, 11) is 1.72. The summed E-state index contributed by atoms with van der Waals surface area (Å²) < 4.78 is 2.47. The average Bonchev–Trinajstić information content (AvgIpc) is 2.95. The number of halogens is 1. The maximum atomic E-state index is 12.1. The van der Waals surface area contributed by atoms with Crippen molar-refractivity contribution >= 4 is 44.2 Å². The van der Waals surface area contributed by atoms with E-state index in [4.69, 9.17) is 11.6 Å². The minimum atomic E-state index is -0.229. The SMILES string of the molecule is Cc1cc(Cl)cc2sc(NC(=O)c3ccnn3C)nc12. The first kappa shape index (κ1) is 13.1. The minimum Gasteiger partial charge on any atom is -0.296 e. The van der Waals surface area contributed by atoms with Gasteiger partial charge in [-0.15, -0.1) is 0 Å². The Morgan fingerprint density at radius 1 is 1.45 bits per heavy atom. The van der Waals surface area contributed by atoms with E-state index in [1.54, 1.807) is 19.3 Å². The number of hydrogen-bond acceptors (Lipinski definition) is 4. The molecule has 0 spiro atoms. The third-order valence-corrected chi connectivity index (χ3v) is 4.06. The van der Waals surface area contributed by atoms with Crippen LogP contribution < -0.4 is 5.32 Å². The highest BCUT2D eigenvalue weighted by Gasteiger charge is 2.13. The van der Waals surface area contributed by atoms with Gasteiger partial charge in [-0.05, 0) is 30.7 Å². The predicted molar refractivity (Wildman–Crippen MR) is 80.5 cm³/mol. The molecule has 3 rings (SSSR count). The zero-order valence-corrected chi connectivity index (χ0v) is 12.4. The highest BCUT2D eigenvalue weighted by atomic mass is 35.5. The zero-order valence-electron chi connectivity index (χ0n) is 10.8. The number of hydrogen-bond donors (Lipinski definition) is 1. The van der Waals surface area contributed by atoms with Crippen LogP contribution in [0.3, 0.4) is 0 Å². The Bertz CT molecular complexity index is 808. The monoisotopic (exact) mass is 306 g/mol. The number of anilines is 1. The van der Waals surface area contributed by atoms with E-state index in [0.29, 0.717) is 15.8 Å². The molecular formula is C13H11ClN4OS. The van der Waals surface area contributed by atoms with E-state index < -0.39 is 0 Å². The lowest BCUT2D eigenvalue weighted by Crippen LogP contribution is -2.15. The lowest BCUT2D eigenvalue weighted by atomic mass is 10.2. The number of fused-ring (bicyclic) bond motifs is 1. The van der Waals surface area contributed by atoms with E-state index in [0.717, 1.165) is 15.8 Å². The number of nitrogens with zero attached hydrogens (tertiary/aromatic N) is 3. The highest BCUT2D eigenvalue weighted by Crippen LogP contribution is 2.31. The molecule has 0 saturated heterocycles. The van der Waals surface area contributed by atoms with Crippen LogP contribution in [0.4, 0.5) is 5.13 Å². The van der Waals surface area contributed by atoms with E-state index in [2.05, 4.69) is 15.4 Å². The van der Waals surface area contributed by atoms with Gasteiger partial charge in [0.25, 0.3) is 5.91 Å². The van der Waals surface area contributed by atoms with Crippen LogP contribution in [0.5, 0.6) is 0 Å². The van der Waals surface area contributed by atoms with Gasteiger partial charge < -0.3 is 0 Å². The molecule has 0 unspecified atom stereocenters. The largest absolute Gasteiger partial charge is 0.296 e. The number of aromatic nitrogens is 3. The first-order valence-electron chi connectivity index (χ1n) is 5.90. The molecule has 7 heteroatoms. The molecule has 0 saturated carbocycles. The van der Waals surface area contributed by atoms with E-state index in [9.17, 15) is 4.79 Å². The summed E-state index contributed by atoms with van der Waals surface area (Å²) in [6.07, 6.45) is 1.58. The Balaban J connectivity index is 1.94. The molecule has 20 heavy (non-hydrogen) atoms. The lowest BCUT2D eigenvalue weighted by Gasteiger charge is -2.00. The lowest BCUT2D eigenvalue weighted by molar-refractivity contribution is 0.101. The Morgan fingerprint density at radius 2 is 2.25 bits per heavy atom. The second-order valence-corrected chi connectivity index (χ2v) is 5.85. The first-order valence-corrected chi connectivity index (χ1v) is 7.10. The molecule has 0 fully saturated rings. The molecule has 5 nitrogen and oxygen atoms in total. The van der Waals surface area contributed by atoms with Crippen molar-refractivity contribution in [3.05, 3.63) is 40.7 Å². The molecule has 2 heterocycles. The molecule has 0 atom stereocenters. The topological polar surface area (TPSA) is 59.8 Å². The number of aryl methyl sites for hydroxylation is 2. The molecule has 0 bridgehead atoms. The van der Waals surface area contributed by atoms with Gasteiger partial charge in [-0.1, -0.05) is 22.9 Å². The van der Waals surface area contributed by atoms with Gasteiger partial charge in [0.2, 0.25) is 0 Å². The highest BCUT2D eigenvalue weighted by molar-refractivity contribution is 7.22. The molecule has 0 aliphatic carbocycles. The smallest absolute Gasteiger partial charge is 0.275 e. The van der Waals surface area contributed by atoms with E-state index >= 15 is 0 Å². The summed E-state index contributed by atoms with van der Waals surface area (Å²) in [6, 6.07) is 5.36. The Kier molecular flexibility index (Phi) is 3.19. The molecule has 1 aromatic carbocycles. The summed E-state index contributed by atoms with van der Waals surface area (Å²) in [6.45, 7) is 1.95. The van der Waals surface area contributed by atoms with E-state index in [-0.39, 0.29) is 5.91 Å². The molecule has 1 N–H and O–H groups in total. The number of rotatable bonds is 2. The summed E-state index contributed by atoms with van der Waals surface area (Å²) in [5, 5.41) is 7.98. The number of benzene rings is 1. The molecular weight excluding hydrogens is 296 g/mol. The fourth-order valence-electron chi connectivity index (χ4n) is 1.97. The number of thiazole rings is 1. The minimum absolute atomic E-state index is 0.229. The van der Waals surface area contributed by atoms with Crippen LogP contribution in [0, 0.1) is 6.92 Å². The van der Waals surface area contributed by atoms with Gasteiger partial charge in [-0.2, -0.15) is 5.10 Å². The van der Waals surface area contributed by atoms with Crippen molar-refractivity contribution in [2.45, 2.75) is 6.92 Å². The third kappa shape index (κ3) is 2.28.